The van der Waals surface area contributed by atoms with Crippen LogP contribution >= 0.6 is 0 Å². The predicted octanol–water partition coefficient (Wildman–Crippen LogP) is 2.17. The summed E-state index contributed by atoms with van der Waals surface area (Å²) in [5, 5.41) is 9.49. The zero-order chi connectivity index (χ0) is 10.4. The fraction of sp³-hybridized carbons (Fsp3) is 0.727. The van der Waals surface area contributed by atoms with Gasteiger partial charge in [-0.3, -0.25) is 4.79 Å². The van der Waals surface area contributed by atoms with Gasteiger partial charge in [0.2, 0.25) is 0 Å². The Balaban J connectivity index is 3.97. The second-order valence-electron chi connectivity index (χ2n) is 3.70. The molecule has 76 valence electrons. The SMILES string of the molecule is C=CC(=O)[C@@H](C)C[C@H](C)[C@@H](O)CC. The molecule has 0 aromatic heterocycles. The monoisotopic (exact) mass is 184 g/mol. The van der Waals surface area contributed by atoms with Gasteiger partial charge in [0.25, 0.3) is 0 Å². The normalized spacial score (nSPS) is 17.5. The van der Waals surface area contributed by atoms with Crippen molar-refractivity contribution in [3.8, 4) is 0 Å². The van der Waals surface area contributed by atoms with Crippen molar-refractivity contribution >= 4 is 5.78 Å². The lowest BCUT2D eigenvalue weighted by molar-refractivity contribution is -0.118. The Morgan fingerprint density at radius 1 is 1.54 bits per heavy atom. The number of aliphatic hydroxyl groups excluding tert-OH is 1. The minimum atomic E-state index is -0.292. The first kappa shape index (κ1) is 12.4. The number of ketones is 1. The van der Waals surface area contributed by atoms with Gasteiger partial charge in [-0.2, -0.15) is 0 Å². The highest BCUT2D eigenvalue weighted by atomic mass is 16.3. The molecule has 13 heavy (non-hydrogen) atoms. The summed E-state index contributed by atoms with van der Waals surface area (Å²) in [5.41, 5.74) is 0. The Labute approximate surface area is 80.7 Å². The number of allylic oxidation sites excluding steroid dienone is 1. The maximum absolute atomic E-state index is 11.2. The van der Waals surface area contributed by atoms with E-state index < -0.39 is 0 Å². The Kier molecular flexibility index (Phi) is 5.63. The third kappa shape index (κ3) is 4.23. The molecule has 0 aromatic rings. The van der Waals surface area contributed by atoms with Crippen LogP contribution in [0.5, 0.6) is 0 Å². The highest BCUT2D eigenvalue weighted by Gasteiger charge is 2.18. The van der Waals surface area contributed by atoms with Crippen molar-refractivity contribution in [2.24, 2.45) is 11.8 Å². The number of hydrogen-bond donors (Lipinski definition) is 1. The third-order valence-corrected chi connectivity index (χ3v) is 2.49. The van der Waals surface area contributed by atoms with Crippen molar-refractivity contribution < 1.29 is 9.90 Å². The summed E-state index contributed by atoms with van der Waals surface area (Å²) >= 11 is 0. The van der Waals surface area contributed by atoms with Crippen molar-refractivity contribution in [3.05, 3.63) is 12.7 Å². The van der Waals surface area contributed by atoms with Gasteiger partial charge in [0.05, 0.1) is 6.10 Å². The molecule has 2 nitrogen and oxygen atoms in total. The standard InChI is InChI=1S/C11H20O2/c1-5-10(12)8(3)7-9(4)11(13)6-2/h5,8-9,11,13H,1,6-7H2,2-4H3/t8-,9-,11-/m0/s1. The second-order valence-corrected chi connectivity index (χ2v) is 3.70. The minimum Gasteiger partial charge on any atom is -0.393 e. The van der Waals surface area contributed by atoms with E-state index in [4.69, 9.17) is 0 Å². The van der Waals surface area contributed by atoms with Gasteiger partial charge in [-0.05, 0) is 24.8 Å². The zero-order valence-corrected chi connectivity index (χ0v) is 8.79. The van der Waals surface area contributed by atoms with Gasteiger partial charge in [0.1, 0.15) is 0 Å². The van der Waals surface area contributed by atoms with Crippen LogP contribution in [0.1, 0.15) is 33.6 Å². The van der Waals surface area contributed by atoms with E-state index in [1.54, 1.807) is 0 Å². The molecule has 0 amide bonds. The van der Waals surface area contributed by atoms with Crippen LogP contribution in [-0.4, -0.2) is 17.0 Å². The van der Waals surface area contributed by atoms with E-state index in [2.05, 4.69) is 6.58 Å². The molecule has 0 aliphatic rings. The first-order valence-corrected chi connectivity index (χ1v) is 4.87. The summed E-state index contributed by atoms with van der Waals surface area (Å²) in [6, 6.07) is 0. The van der Waals surface area contributed by atoms with Gasteiger partial charge in [0.15, 0.2) is 5.78 Å². The maximum Gasteiger partial charge on any atom is 0.157 e. The molecule has 0 aliphatic heterocycles. The number of aliphatic hydroxyl groups is 1. The number of rotatable bonds is 6. The molecule has 0 aromatic carbocycles. The summed E-state index contributed by atoms with van der Waals surface area (Å²) in [5.74, 6) is 0.229. The lowest BCUT2D eigenvalue weighted by atomic mass is 9.89. The highest BCUT2D eigenvalue weighted by Crippen LogP contribution is 2.18. The Bertz CT molecular complexity index is 175. The van der Waals surface area contributed by atoms with E-state index in [-0.39, 0.29) is 23.7 Å². The molecule has 0 radical (unpaired) electrons. The zero-order valence-electron chi connectivity index (χ0n) is 8.79. The molecule has 3 atom stereocenters. The number of hydrogen-bond acceptors (Lipinski definition) is 2. The Hall–Kier alpha value is -0.630. The maximum atomic E-state index is 11.2. The molecule has 0 rings (SSSR count). The molecule has 0 saturated carbocycles. The van der Waals surface area contributed by atoms with E-state index in [1.165, 1.54) is 6.08 Å². The largest absolute Gasteiger partial charge is 0.393 e. The number of carbonyl (C=O) groups excluding carboxylic acids is 1. The third-order valence-electron chi connectivity index (χ3n) is 2.49. The van der Waals surface area contributed by atoms with E-state index >= 15 is 0 Å². The van der Waals surface area contributed by atoms with E-state index in [1.807, 2.05) is 20.8 Å². The summed E-state index contributed by atoms with van der Waals surface area (Å²) < 4.78 is 0. The summed E-state index contributed by atoms with van der Waals surface area (Å²) in [4.78, 5) is 11.2. The molecular weight excluding hydrogens is 164 g/mol. The summed E-state index contributed by atoms with van der Waals surface area (Å²) in [6.07, 6.45) is 2.55. The fourth-order valence-corrected chi connectivity index (χ4v) is 1.43. The van der Waals surface area contributed by atoms with Gasteiger partial charge in [-0.1, -0.05) is 27.4 Å². The molecular formula is C11H20O2. The van der Waals surface area contributed by atoms with Crippen LogP contribution in [0.2, 0.25) is 0 Å². The molecule has 0 heterocycles. The smallest absolute Gasteiger partial charge is 0.157 e. The van der Waals surface area contributed by atoms with Crippen molar-refractivity contribution in [1.29, 1.82) is 0 Å². The summed E-state index contributed by atoms with van der Waals surface area (Å²) in [7, 11) is 0. The van der Waals surface area contributed by atoms with Crippen LogP contribution in [0.3, 0.4) is 0 Å². The van der Waals surface area contributed by atoms with Crippen molar-refractivity contribution in [3.63, 3.8) is 0 Å². The quantitative estimate of drug-likeness (QED) is 0.642. The van der Waals surface area contributed by atoms with Crippen molar-refractivity contribution in [2.75, 3.05) is 0 Å². The van der Waals surface area contributed by atoms with E-state index in [9.17, 15) is 9.90 Å². The molecule has 0 bridgehead atoms. The lowest BCUT2D eigenvalue weighted by Gasteiger charge is -2.19. The van der Waals surface area contributed by atoms with Gasteiger partial charge in [-0.15, -0.1) is 0 Å². The number of carbonyl (C=O) groups is 1. The topological polar surface area (TPSA) is 37.3 Å². The van der Waals surface area contributed by atoms with Crippen LogP contribution in [0, 0.1) is 11.8 Å². The van der Waals surface area contributed by atoms with E-state index in [0.29, 0.717) is 0 Å². The lowest BCUT2D eigenvalue weighted by Crippen LogP contribution is -2.21. The summed E-state index contributed by atoms with van der Waals surface area (Å²) in [6.45, 7) is 9.24. The first-order valence-electron chi connectivity index (χ1n) is 4.87. The average molecular weight is 184 g/mol. The molecule has 0 aliphatic carbocycles. The van der Waals surface area contributed by atoms with Crippen molar-refractivity contribution in [2.45, 2.75) is 39.7 Å². The fourth-order valence-electron chi connectivity index (χ4n) is 1.43. The Morgan fingerprint density at radius 2 is 2.08 bits per heavy atom. The van der Waals surface area contributed by atoms with Gasteiger partial charge in [0, 0.05) is 5.92 Å². The molecule has 2 heteroatoms. The molecule has 0 fully saturated rings. The van der Waals surface area contributed by atoms with Crippen LogP contribution < -0.4 is 0 Å². The van der Waals surface area contributed by atoms with Gasteiger partial charge < -0.3 is 5.11 Å². The molecule has 1 N–H and O–H groups in total. The van der Waals surface area contributed by atoms with Gasteiger partial charge in [-0.25, -0.2) is 0 Å². The molecule has 0 saturated heterocycles. The van der Waals surface area contributed by atoms with Crippen LogP contribution in [-0.2, 0) is 4.79 Å². The van der Waals surface area contributed by atoms with Crippen LogP contribution in [0.4, 0.5) is 0 Å². The molecule has 0 unspecified atom stereocenters. The average Bonchev–Trinajstić information content (AvgIpc) is 2.14. The Morgan fingerprint density at radius 3 is 2.46 bits per heavy atom. The first-order chi connectivity index (χ1) is 6.02. The highest BCUT2D eigenvalue weighted by molar-refractivity contribution is 5.90. The van der Waals surface area contributed by atoms with Crippen molar-refractivity contribution in [1.82, 2.24) is 0 Å². The van der Waals surface area contributed by atoms with E-state index in [0.717, 1.165) is 12.8 Å². The van der Waals surface area contributed by atoms with Crippen LogP contribution in [0.15, 0.2) is 12.7 Å². The van der Waals surface area contributed by atoms with Crippen LogP contribution in [0.25, 0.3) is 0 Å². The van der Waals surface area contributed by atoms with Gasteiger partial charge >= 0.3 is 0 Å². The second kappa shape index (κ2) is 5.92. The minimum absolute atomic E-state index is 0.0197. The molecule has 0 spiro atoms. The predicted molar refractivity (Wildman–Crippen MR) is 54.4 cm³/mol.